The minimum Gasteiger partial charge on any atom is -0.478 e. The van der Waals surface area contributed by atoms with E-state index in [0.717, 1.165) is 12.8 Å². The first-order chi connectivity index (χ1) is 8.06. The maximum absolute atomic E-state index is 11.0. The van der Waals surface area contributed by atoms with Crippen LogP contribution in [0.4, 0.5) is 5.69 Å². The molecule has 0 unspecified atom stereocenters. The molecule has 0 aliphatic heterocycles. The predicted molar refractivity (Wildman–Crippen MR) is 65.6 cm³/mol. The van der Waals surface area contributed by atoms with Gasteiger partial charge in [-0.15, -0.1) is 0 Å². The number of aliphatic hydroxyl groups is 1. The van der Waals surface area contributed by atoms with Gasteiger partial charge in [0.15, 0.2) is 0 Å². The maximum Gasteiger partial charge on any atom is 0.337 e. The third-order valence-corrected chi connectivity index (χ3v) is 3.24. The molecule has 0 bridgehead atoms. The minimum absolute atomic E-state index is 0.194. The Balaban J connectivity index is 2.03. The topological polar surface area (TPSA) is 69.6 Å². The summed E-state index contributed by atoms with van der Waals surface area (Å²) in [7, 11) is 0. The van der Waals surface area contributed by atoms with E-state index in [4.69, 9.17) is 21.8 Å². The van der Waals surface area contributed by atoms with E-state index < -0.39 is 5.97 Å². The summed E-state index contributed by atoms with van der Waals surface area (Å²) in [5.41, 5.74) is 0.751. The smallest absolute Gasteiger partial charge is 0.337 e. The number of rotatable bonds is 4. The molecule has 5 heteroatoms. The molecule has 92 valence electrons. The Morgan fingerprint density at radius 2 is 2.18 bits per heavy atom. The lowest BCUT2D eigenvalue weighted by Crippen LogP contribution is -2.33. The van der Waals surface area contributed by atoms with Gasteiger partial charge in [-0.1, -0.05) is 11.6 Å². The van der Waals surface area contributed by atoms with Gasteiger partial charge in [-0.3, -0.25) is 0 Å². The van der Waals surface area contributed by atoms with Crippen LogP contribution in [-0.2, 0) is 0 Å². The standard InChI is InChI=1S/C12H14ClNO3/c13-8-1-2-10(12(16)17)11(5-8)14-6-7-3-9(15)4-7/h1-2,5,7,9,14-15H,3-4,6H2,(H,16,17). The van der Waals surface area contributed by atoms with Crippen LogP contribution < -0.4 is 5.32 Å². The number of aliphatic hydroxyl groups excluding tert-OH is 1. The van der Waals surface area contributed by atoms with E-state index in [1.807, 2.05) is 0 Å². The van der Waals surface area contributed by atoms with E-state index >= 15 is 0 Å². The summed E-state index contributed by atoms with van der Waals surface area (Å²) in [4.78, 5) is 11.0. The molecular formula is C12H14ClNO3. The Kier molecular flexibility index (Phi) is 3.54. The molecule has 0 amide bonds. The van der Waals surface area contributed by atoms with Crippen molar-refractivity contribution in [1.82, 2.24) is 0 Å². The third kappa shape index (κ3) is 2.90. The lowest BCUT2D eigenvalue weighted by molar-refractivity contribution is 0.0486. The van der Waals surface area contributed by atoms with Crippen molar-refractivity contribution in [2.45, 2.75) is 18.9 Å². The van der Waals surface area contributed by atoms with Gasteiger partial charge >= 0.3 is 5.97 Å². The number of carbonyl (C=O) groups is 1. The highest BCUT2D eigenvalue weighted by atomic mass is 35.5. The molecule has 0 spiro atoms. The normalized spacial score (nSPS) is 22.9. The molecule has 17 heavy (non-hydrogen) atoms. The van der Waals surface area contributed by atoms with E-state index in [1.165, 1.54) is 6.07 Å². The summed E-state index contributed by atoms with van der Waals surface area (Å²) in [6.07, 6.45) is 1.35. The van der Waals surface area contributed by atoms with Gasteiger partial charge in [-0.05, 0) is 37.0 Å². The van der Waals surface area contributed by atoms with Crippen LogP contribution in [0.5, 0.6) is 0 Å². The third-order valence-electron chi connectivity index (χ3n) is 3.00. The first-order valence-corrected chi connectivity index (χ1v) is 5.89. The van der Waals surface area contributed by atoms with Crippen LogP contribution in [0.15, 0.2) is 18.2 Å². The lowest BCUT2D eigenvalue weighted by atomic mass is 9.82. The van der Waals surface area contributed by atoms with Crippen LogP contribution in [0.3, 0.4) is 0 Å². The Morgan fingerprint density at radius 3 is 2.76 bits per heavy atom. The number of aromatic carboxylic acids is 1. The molecule has 1 aliphatic rings. The van der Waals surface area contributed by atoms with Crippen LogP contribution in [0.1, 0.15) is 23.2 Å². The van der Waals surface area contributed by atoms with Gasteiger partial charge in [0, 0.05) is 11.6 Å². The number of nitrogens with one attached hydrogen (secondary N) is 1. The minimum atomic E-state index is -0.974. The zero-order valence-electron chi connectivity index (χ0n) is 9.19. The fourth-order valence-corrected chi connectivity index (χ4v) is 2.14. The van der Waals surface area contributed by atoms with E-state index in [0.29, 0.717) is 23.2 Å². The molecule has 2 rings (SSSR count). The van der Waals surface area contributed by atoms with Crippen LogP contribution in [0.25, 0.3) is 0 Å². The van der Waals surface area contributed by atoms with Crippen molar-refractivity contribution in [1.29, 1.82) is 0 Å². The van der Waals surface area contributed by atoms with Crippen molar-refractivity contribution in [3.8, 4) is 0 Å². The summed E-state index contributed by atoms with van der Waals surface area (Å²) >= 11 is 5.83. The van der Waals surface area contributed by atoms with Gasteiger partial charge in [0.2, 0.25) is 0 Å². The molecule has 3 N–H and O–H groups in total. The average molecular weight is 256 g/mol. The van der Waals surface area contributed by atoms with Gasteiger partial charge in [0.1, 0.15) is 0 Å². The fraction of sp³-hybridized carbons (Fsp3) is 0.417. The number of hydrogen-bond donors (Lipinski definition) is 3. The van der Waals surface area contributed by atoms with Crippen molar-refractivity contribution < 1.29 is 15.0 Å². The molecule has 0 heterocycles. The molecule has 1 fully saturated rings. The number of hydrogen-bond acceptors (Lipinski definition) is 3. The Labute approximate surface area is 104 Å². The first kappa shape index (κ1) is 12.2. The van der Waals surface area contributed by atoms with E-state index in [-0.39, 0.29) is 11.7 Å². The summed E-state index contributed by atoms with van der Waals surface area (Å²) in [5, 5.41) is 21.8. The number of benzene rings is 1. The molecule has 0 aromatic heterocycles. The van der Waals surface area contributed by atoms with E-state index in [2.05, 4.69) is 5.32 Å². The number of halogens is 1. The molecule has 1 saturated carbocycles. The molecular weight excluding hydrogens is 242 g/mol. The van der Waals surface area contributed by atoms with Crippen molar-refractivity contribution in [2.24, 2.45) is 5.92 Å². The predicted octanol–water partition coefficient (Wildman–Crippen LogP) is 2.22. The SMILES string of the molecule is O=C(O)c1ccc(Cl)cc1NCC1CC(O)C1. The fourth-order valence-electron chi connectivity index (χ4n) is 1.97. The van der Waals surface area contributed by atoms with Gasteiger partial charge in [-0.2, -0.15) is 0 Å². The van der Waals surface area contributed by atoms with Gasteiger partial charge in [0.05, 0.1) is 17.4 Å². The molecule has 0 radical (unpaired) electrons. The highest BCUT2D eigenvalue weighted by molar-refractivity contribution is 6.31. The van der Waals surface area contributed by atoms with Crippen molar-refractivity contribution in [3.63, 3.8) is 0 Å². The highest BCUT2D eigenvalue weighted by Crippen LogP contribution is 2.28. The first-order valence-electron chi connectivity index (χ1n) is 5.51. The number of carboxylic acids is 1. The average Bonchev–Trinajstić information content (AvgIpc) is 2.22. The van der Waals surface area contributed by atoms with Crippen LogP contribution >= 0.6 is 11.6 Å². The monoisotopic (exact) mass is 255 g/mol. The molecule has 1 aromatic carbocycles. The molecule has 1 aliphatic carbocycles. The molecule has 1 aromatic rings. The molecule has 4 nitrogen and oxygen atoms in total. The van der Waals surface area contributed by atoms with Crippen LogP contribution in [0, 0.1) is 5.92 Å². The van der Waals surface area contributed by atoms with E-state index in [9.17, 15) is 4.79 Å². The largest absolute Gasteiger partial charge is 0.478 e. The summed E-state index contributed by atoms with van der Waals surface area (Å²) < 4.78 is 0. The second-order valence-electron chi connectivity index (χ2n) is 4.37. The van der Waals surface area contributed by atoms with Crippen molar-refractivity contribution in [3.05, 3.63) is 28.8 Å². The van der Waals surface area contributed by atoms with Crippen molar-refractivity contribution in [2.75, 3.05) is 11.9 Å². The quantitative estimate of drug-likeness (QED) is 0.772. The summed E-state index contributed by atoms with van der Waals surface area (Å²) in [5.74, 6) is -0.566. The summed E-state index contributed by atoms with van der Waals surface area (Å²) in [6.45, 7) is 0.664. The maximum atomic E-state index is 11.0. The number of carboxylic acid groups (broad SMARTS) is 1. The Bertz CT molecular complexity index is 430. The van der Waals surface area contributed by atoms with Crippen LogP contribution in [-0.4, -0.2) is 28.8 Å². The second kappa shape index (κ2) is 4.94. The van der Waals surface area contributed by atoms with Crippen molar-refractivity contribution >= 4 is 23.3 Å². The van der Waals surface area contributed by atoms with Gasteiger partial charge in [0.25, 0.3) is 0 Å². The van der Waals surface area contributed by atoms with Crippen LogP contribution in [0.2, 0.25) is 5.02 Å². The zero-order valence-corrected chi connectivity index (χ0v) is 9.94. The molecule has 0 atom stereocenters. The zero-order chi connectivity index (χ0) is 12.4. The highest BCUT2D eigenvalue weighted by Gasteiger charge is 2.27. The van der Waals surface area contributed by atoms with Gasteiger partial charge < -0.3 is 15.5 Å². The summed E-state index contributed by atoms with van der Waals surface area (Å²) in [6, 6.07) is 4.66. The Morgan fingerprint density at radius 1 is 1.47 bits per heavy atom. The Hall–Kier alpha value is -1.26. The molecule has 0 saturated heterocycles. The van der Waals surface area contributed by atoms with E-state index in [1.54, 1.807) is 12.1 Å². The lowest BCUT2D eigenvalue weighted by Gasteiger charge is -2.31. The number of anilines is 1. The second-order valence-corrected chi connectivity index (χ2v) is 4.80. The van der Waals surface area contributed by atoms with Gasteiger partial charge in [-0.25, -0.2) is 4.79 Å².